The van der Waals surface area contributed by atoms with Crippen molar-refractivity contribution in [2.24, 2.45) is 0 Å². The number of aliphatic hydroxyl groups excluding tert-OH is 1. The second-order valence-electron chi connectivity index (χ2n) is 5.63. The van der Waals surface area contributed by atoms with E-state index in [-0.39, 0.29) is 6.61 Å². The van der Waals surface area contributed by atoms with Crippen molar-refractivity contribution in [1.29, 1.82) is 0 Å². The van der Waals surface area contributed by atoms with Gasteiger partial charge in [0.25, 0.3) is 0 Å². The van der Waals surface area contributed by atoms with Crippen LogP contribution < -0.4 is 14.8 Å². The Kier molecular flexibility index (Phi) is 7.66. The lowest BCUT2D eigenvalue weighted by Crippen LogP contribution is -2.23. The minimum absolute atomic E-state index is 0.284. The second kappa shape index (κ2) is 9.51. The molecule has 4 nitrogen and oxygen atoms in total. The summed E-state index contributed by atoms with van der Waals surface area (Å²) in [5, 5.41) is 13.9. The van der Waals surface area contributed by atoms with Gasteiger partial charge in [-0.25, -0.2) is 0 Å². The molecule has 0 aliphatic carbocycles. The Balaban J connectivity index is 2.10. The van der Waals surface area contributed by atoms with Crippen LogP contribution in [-0.4, -0.2) is 24.9 Å². The van der Waals surface area contributed by atoms with Gasteiger partial charge in [0.1, 0.15) is 6.61 Å². The maximum absolute atomic E-state index is 9.29. The second-order valence-corrected chi connectivity index (χ2v) is 6.85. The number of methoxy groups -OCH3 is 1. The van der Waals surface area contributed by atoms with E-state index in [4.69, 9.17) is 44.3 Å². The molecule has 25 heavy (non-hydrogen) atoms. The number of benzene rings is 2. The predicted molar refractivity (Wildman–Crippen MR) is 102 cm³/mol. The Bertz CT molecular complexity index is 723. The maximum atomic E-state index is 9.29. The molecule has 2 rings (SSSR count). The summed E-state index contributed by atoms with van der Waals surface area (Å²) in [6.45, 7) is 3.07. The summed E-state index contributed by atoms with van der Waals surface area (Å²) in [5.41, 5.74) is 1.81. The van der Waals surface area contributed by atoms with Crippen molar-refractivity contribution >= 4 is 34.8 Å². The molecule has 0 saturated carbocycles. The van der Waals surface area contributed by atoms with Crippen molar-refractivity contribution < 1.29 is 14.6 Å². The lowest BCUT2D eigenvalue weighted by atomic mass is 10.2. The van der Waals surface area contributed by atoms with Gasteiger partial charge in [-0.2, -0.15) is 0 Å². The van der Waals surface area contributed by atoms with Gasteiger partial charge in [0.15, 0.2) is 11.5 Å². The first-order valence-corrected chi connectivity index (χ1v) is 8.86. The van der Waals surface area contributed by atoms with Crippen molar-refractivity contribution in [1.82, 2.24) is 5.32 Å². The maximum Gasteiger partial charge on any atom is 0.180 e. The van der Waals surface area contributed by atoms with Crippen LogP contribution in [0.4, 0.5) is 0 Å². The molecule has 0 amide bonds. The highest BCUT2D eigenvalue weighted by Gasteiger charge is 2.13. The van der Waals surface area contributed by atoms with E-state index in [0.717, 1.165) is 11.1 Å². The number of hydrogen-bond donors (Lipinski definition) is 2. The van der Waals surface area contributed by atoms with Gasteiger partial charge >= 0.3 is 0 Å². The summed E-state index contributed by atoms with van der Waals surface area (Å²) in [6.07, 6.45) is -0.411. The summed E-state index contributed by atoms with van der Waals surface area (Å²) in [5.74, 6) is 1.01. The molecular formula is C18H20Cl3NO3. The number of aliphatic hydroxyl groups is 1. The highest BCUT2D eigenvalue weighted by Crippen LogP contribution is 2.37. The van der Waals surface area contributed by atoms with E-state index in [9.17, 15) is 5.11 Å². The van der Waals surface area contributed by atoms with E-state index in [0.29, 0.717) is 39.7 Å². The lowest BCUT2D eigenvalue weighted by Gasteiger charge is -2.15. The average Bonchev–Trinajstić information content (AvgIpc) is 2.56. The first kappa shape index (κ1) is 20.1. The molecule has 0 radical (unpaired) electrons. The molecule has 0 saturated heterocycles. The quantitative estimate of drug-likeness (QED) is 0.669. The van der Waals surface area contributed by atoms with Gasteiger partial charge < -0.3 is 19.9 Å². The largest absolute Gasteiger partial charge is 0.493 e. The average molecular weight is 405 g/mol. The zero-order valence-electron chi connectivity index (χ0n) is 14.0. The van der Waals surface area contributed by atoms with Gasteiger partial charge in [-0.05, 0) is 42.3 Å². The molecular weight excluding hydrogens is 385 g/mol. The Hall–Kier alpha value is -1.17. The molecule has 2 aromatic carbocycles. The number of halogens is 3. The van der Waals surface area contributed by atoms with E-state index in [2.05, 4.69) is 5.32 Å². The molecule has 0 spiro atoms. The van der Waals surface area contributed by atoms with Crippen molar-refractivity contribution in [2.75, 3.05) is 13.7 Å². The number of rotatable bonds is 8. The Morgan fingerprint density at radius 1 is 1.04 bits per heavy atom. The van der Waals surface area contributed by atoms with Crippen molar-refractivity contribution in [3.63, 3.8) is 0 Å². The first-order chi connectivity index (χ1) is 11.9. The molecule has 0 aliphatic rings. The summed E-state index contributed by atoms with van der Waals surface area (Å²) in [7, 11) is 1.56. The monoisotopic (exact) mass is 403 g/mol. The van der Waals surface area contributed by atoms with Gasteiger partial charge in [-0.1, -0.05) is 40.9 Å². The van der Waals surface area contributed by atoms with E-state index in [1.54, 1.807) is 26.2 Å². The number of ether oxygens (including phenoxy) is 2. The summed E-state index contributed by atoms with van der Waals surface area (Å²) < 4.78 is 11.2. The van der Waals surface area contributed by atoms with Crippen LogP contribution in [0.3, 0.4) is 0 Å². The van der Waals surface area contributed by atoms with Crippen LogP contribution in [0.15, 0.2) is 30.3 Å². The molecule has 2 N–H and O–H groups in total. The van der Waals surface area contributed by atoms with Crippen molar-refractivity contribution in [2.45, 2.75) is 26.2 Å². The number of nitrogens with one attached hydrogen (secondary N) is 1. The molecule has 1 atom stereocenters. The third-order valence-electron chi connectivity index (χ3n) is 3.43. The number of hydrogen-bond acceptors (Lipinski definition) is 4. The van der Waals surface area contributed by atoms with E-state index in [1.807, 2.05) is 18.2 Å². The fourth-order valence-electron chi connectivity index (χ4n) is 2.23. The van der Waals surface area contributed by atoms with Crippen molar-refractivity contribution in [3.8, 4) is 11.5 Å². The van der Waals surface area contributed by atoms with Gasteiger partial charge in [-0.15, -0.1) is 0 Å². The van der Waals surface area contributed by atoms with Crippen LogP contribution in [0.2, 0.25) is 15.1 Å². The fourth-order valence-corrected chi connectivity index (χ4v) is 2.83. The molecule has 0 fully saturated rings. The van der Waals surface area contributed by atoms with Crippen LogP contribution >= 0.6 is 34.8 Å². The Morgan fingerprint density at radius 3 is 2.40 bits per heavy atom. The van der Waals surface area contributed by atoms with E-state index >= 15 is 0 Å². The third-order valence-corrected chi connectivity index (χ3v) is 4.45. The van der Waals surface area contributed by atoms with Crippen LogP contribution in [-0.2, 0) is 13.2 Å². The van der Waals surface area contributed by atoms with Gasteiger partial charge in [0.2, 0.25) is 0 Å². The summed E-state index contributed by atoms with van der Waals surface area (Å²) >= 11 is 18.3. The van der Waals surface area contributed by atoms with E-state index in [1.165, 1.54) is 0 Å². The van der Waals surface area contributed by atoms with Crippen LogP contribution in [0, 0.1) is 0 Å². The molecule has 0 aromatic heterocycles. The Labute approximate surface area is 162 Å². The smallest absolute Gasteiger partial charge is 0.180 e. The van der Waals surface area contributed by atoms with Crippen LogP contribution in [0.1, 0.15) is 18.1 Å². The van der Waals surface area contributed by atoms with Crippen molar-refractivity contribution in [3.05, 3.63) is 56.5 Å². The zero-order chi connectivity index (χ0) is 18.4. The highest BCUT2D eigenvalue weighted by molar-refractivity contribution is 6.42. The molecule has 0 heterocycles. The molecule has 0 aliphatic heterocycles. The third kappa shape index (κ3) is 5.94. The Morgan fingerprint density at radius 2 is 1.76 bits per heavy atom. The summed E-state index contributed by atoms with van der Waals surface area (Å²) in [4.78, 5) is 0. The fraction of sp³-hybridized carbons (Fsp3) is 0.333. The van der Waals surface area contributed by atoms with Crippen LogP contribution in [0.25, 0.3) is 0 Å². The standard InChI is InChI=1S/C18H20Cl3NO3/c1-11(23)8-22-9-13-6-16(21)18(17(7-13)24-2)25-10-12-3-4-14(19)15(20)5-12/h3-7,11,22-23H,8-10H2,1-2H3/t11-/m0/s1. The molecule has 0 bridgehead atoms. The lowest BCUT2D eigenvalue weighted by molar-refractivity contribution is 0.191. The predicted octanol–water partition coefficient (Wildman–Crippen LogP) is 4.70. The van der Waals surface area contributed by atoms with Gasteiger partial charge in [0.05, 0.1) is 28.3 Å². The first-order valence-electron chi connectivity index (χ1n) is 7.72. The molecule has 2 aromatic rings. The molecule has 0 unspecified atom stereocenters. The van der Waals surface area contributed by atoms with E-state index < -0.39 is 6.10 Å². The minimum atomic E-state index is -0.411. The van der Waals surface area contributed by atoms with Gasteiger partial charge in [-0.3, -0.25) is 0 Å². The van der Waals surface area contributed by atoms with Crippen LogP contribution in [0.5, 0.6) is 11.5 Å². The highest BCUT2D eigenvalue weighted by atomic mass is 35.5. The zero-order valence-corrected chi connectivity index (χ0v) is 16.3. The normalized spacial score (nSPS) is 12.1. The van der Waals surface area contributed by atoms with Gasteiger partial charge in [0, 0.05) is 13.1 Å². The molecule has 136 valence electrons. The molecule has 7 heteroatoms. The minimum Gasteiger partial charge on any atom is -0.493 e. The SMILES string of the molecule is COc1cc(CNC[C@H](C)O)cc(Cl)c1OCc1ccc(Cl)c(Cl)c1. The summed E-state index contributed by atoms with van der Waals surface area (Å²) in [6, 6.07) is 8.97. The topological polar surface area (TPSA) is 50.7 Å².